The van der Waals surface area contributed by atoms with E-state index in [0.29, 0.717) is 0 Å². The van der Waals surface area contributed by atoms with Gasteiger partial charge >= 0.3 is 0 Å². The highest BCUT2D eigenvalue weighted by atomic mass is 35.7. The monoisotopic (exact) mass is 287 g/mol. The molecule has 0 saturated carbocycles. The fraction of sp³-hybridized carbons (Fsp3) is 0. The van der Waals surface area contributed by atoms with Crippen LogP contribution < -0.4 is 0 Å². The average molecular weight is 288 g/mol. The van der Waals surface area contributed by atoms with Crippen molar-refractivity contribution in [3.63, 3.8) is 0 Å². The quantitative estimate of drug-likeness (QED) is 0.696. The van der Waals surface area contributed by atoms with Gasteiger partial charge in [-0.3, -0.25) is 4.79 Å². The molecule has 1 N–H and O–H groups in total. The van der Waals surface area contributed by atoms with Gasteiger partial charge in [0.25, 0.3) is 9.05 Å². The summed E-state index contributed by atoms with van der Waals surface area (Å²) in [6, 6.07) is 7.56. The van der Waals surface area contributed by atoms with Crippen LogP contribution in [0.3, 0.4) is 0 Å². The summed E-state index contributed by atoms with van der Waals surface area (Å²) in [5.41, 5.74) is 0.148. The number of hydrogen-bond acceptors (Lipinski definition) is 3. The van der Waals surface area contributed by atoms with E-state index in [1.54, 1.807) is 0 Å². The Morgan fingerprint density at radius 3 is 2.50 bits per heavy atom. The number of rotatable bonds is 3. The average Bonchev–Trinajstić information content (AvgIpc) is 2.77. The molecule has 94 valence electrons. The Bertz CT molecular complexity index is 709. The number of benzene rings is 1. The summed E-state index contributed by atoms with van der Waals surface area (Å²) in [4.78, 5) is 14.3. The molecule has 0 saturated heterocycles. The van der Waals surface area contributed by atoms with Crippen LogP contribution >= 0.6 is 10.7 Å². The second kappa shape index (κ2) is 4.55. The lowest BCUT2D eigenvalue weighted by molar-refractivity contribution is 0.103. The van der Waals surface area contributed by atoms with Gasteiger partial charge in [0.15, 0.2) is 0 Å². The van der Waals surface area contributed by atoms with Crippen molar-refractivity contribution in [2.75, 3.05) is 0 Å². The molecule has 4 nitrogen and oxygen atoms in total. The molecule has 1 aromatic heterocycles. The minimum Gasteiger partial charge on any atom is -0.342 e. The number of aromatic nitrogens is 1. The van der Waals surface area contributed by atoms with Crippen LogP contribution in [0.4, 0.5) is 4.39 Å². The van der Waals surface area contributed by atoms with Crippen molar-refractivity contribution in [1.82, 2.24) is 4.98 Å². The fourth-order valence-electron chi connectivity index (χ4n) is 1.43. The minimum absolute atomic E-state index is 0.0276. The summed E-state index contributed by atoms with van der Waals surface area (Å²) in [5.74, 6) is -1.06. The molecule has 0 aliphatic rings. The standard InChI is InChI=1S/C11H7ClFNO3S/c12-18(16,17)10-5-4-9(14-10)11(15)7-2-1-3-8(13)6-7/h1-6,14H. The Balaban J connectivity index is 2.38. The van der Waals surface area contributed by atoms with E-state index in [1.165, 1.54) is 30.3 Å². The summed E-state index contributed by atoms with van der Waals surface area (Å²) in [7, 11) is 1.20. The van der Waals surface area contributed by atoms with Crippen LogP contribution in [0.5, 0.6) is 0 Å². The third-order valence-electron chi connectivity index (χ3n) is 2.25. The first-order valence-electron chi connectivity index (χ1n) is 4.82. The first-order valence-corrected chi connectivity index (χ1v) is 7.13. The van der Waals surface area contributed by atoms with E-state index in [-0.39, 0.29) is 16.3 Å². The zero-order valence-electron chi connectivity index (χ0n) is 8.85. The third-order valence-corrected chi connectivity index (χ3v) is 3.52. The summed E-state index contributed by atoms with van der Waals surface area (Å²) < 4.78 is 35.0. The Hall–Kier alpha value is -1.66. The van der Waals surface area contributed by atoms with Gasteiger partial charge in [0.1, 0.15) is 10.8 Å². The zero-order valence-corrected chi connectivity index (χ0v) is 10.4. The third kappa shape index (κ3) is 2.60. The molecule has 0 aliphatic carbocycles. The number of aromatic amines is 1. The van der Waals surface area contributed by atoms with Crippen molar-refractivity contribution in [1.29, 1.82) is 0 Å². The smallest absolute Gasteiger partial charge is 0.276 e. The molecular weight excluding hydrogens is 281 g/mol. The van der Waals surface area contributed by atoms with E-state index >= 15 is 0 Å². The highest BCUT2D eigenvalue weighted by Crippen LogP contribution is 2.16. The van der Waals surface area contributed by atoms with Crippen LogP contribution in [0.15, 0.2) is 41.4 Å². The number of halogens is 2. The second-order valence-corrected chi connectivity index (χ2v) is 6.05. The molecular formula is C11H7ClFNO3S. The van der Waals surface area contributed by atoms with Gasteiger partial charge in [0, 0.05) is 16.2 Å². The number of carbonyl (C=O) groups is 1. The van der Waals surface area contributed by atoms with Crippen molar-refractivity contribution >= 4 is 25.5 Å². The molecule has 0 amide bonds. The lowest BCUT2D eigenvalue weighted by atomic mass is 10.1. The van der Waals surface area contributed by atoms with Crippen LogP contribution in [-0.4, -0.2) is 19.2 Å². The van der Waals surface area contributed by atoms with Gasteiger partial charge in [-0.05, 0) is 24.3 Å². The highest BCUT2D eigenvalue weighted by Gasteiger charge is 2.17. The van der Waals surface area contributed by atoms with Gasteiger partial charge in [-0.25, -0.2) is 12.8 Å². The number of H-pyrrole nitrogens is 1. The first kappa shape index (κ1) is 12.8. The maximum atomic E-state index is 13.0. The van der Waals surface area contributed by atoms with E-state index < -0.39 is 20.7 Å². The number of nitrogens with one attached hydrogen (secondary N) is 1. The molecule has 0 radical (unpaired) electrons. The minimum atomic E-state index is -3.92. The second-order valence-electron chi connectivity index (χ2n) is 3.51. The van der Waals surface area contributed by atoms with Crippen LogP contribution in [0.1, 0.15) is 16.1 Å². The molecule has 1 heterocycles. The Kier molecular flexibility index (Phi) is 3.23. The Labute approximate surface area is 107 Å². The molecule has 2 rings (SSSR count). The molecule has 0 spiro atoms. The summed E-state index contributed by atoms with van der Waals surface area (Å²) in [6.07, 6.45) is 0. The van der Waals surface area contributed by atoms with Crippen LogP contribution in [-0.2, 0) is 9.05 Å². The molecule has 0 fully saturated rings. The van der Waals surface area contributed by atoms with Crippen LogP contribution in [0.2, 0.25) is 0 Å². The Morgan fingerprint density at radius 2 is 1.94 bits per heavy atom. The maximum Gasteiger partial charge on any atom is 0.276 e. The highest BCUT2D eigenvalue weighted by molar-refractivity contribution is 8.13. The number of ketones is 1. The van der Waals surface area contributed by atoms with E-state index in [1.807, 2.05) is 0 Å². The number of carbonyl (C=O) groups excluding carboxylic acids is 1. The largest absolute Gasteiger partial charge is 0.342 e. The molecule has 0 bridgehead atoms. The van der Waals surface area contributed by atoms with E-state index in [0.717, 1.165) is 6.07 Å². The molecule has 0 aliphatic heterocycles. The normalized spacial score (nSPS) is 11.4. The van der Waals surface area contributed by atoms with Crippen molar-refractivity contribution in [2.24, 2.45) is 0 Å². The molecule has 7 heteroatoms. The zero-order chi connectivity index (χ0) is 13.3. The first-order chi connectivity index (χ1) is 8.38. The summed E-state index contributed by atoms with van der Waals surface area (Å²) in [6.45, 7) is 0. The molecule has 0 unspecified atom stereocenters. The molecule has 2 aromatic rings. The van der Waals surface area contributed by atoms with Crippen LogP contribution in [0, 0.1) is 5.82 Å². The van der Waals surface area contributed by atoms with E-state index in [9.17, 15) is 17.6 Å². The van der Waals surface area contributed by atoms with E-state index in [4.69, 9.17) is 10.7 Å². The van der Waals surface area contributed by atoms with Gasteiger partial charge in [0.2, 0.25) is 5.78 Å². The van der Waals surface area contributed by atoms with Crippen molar-refractivity contribution < 1.29 is 17.6 Å². The van der Waals surface area contributed by atoms with Gasteiger partial charge in [0.05, 0.1) is 5.69 Å². The molecule has 1 aromatic carbocycles. The van der Waals surface area contributed by atoms with Crippen molar-refractivity contribution in [3.05, 3.63) is 53.5 Å². The topological polar surface area (TPSA) is 67.0 Å². The van der Waals surface area contributed by atoms with Gasteiger partial charge in [-0.15, -0.1) is 0 Å². The predicted molar refractivity (Wildman–Crippen MR) is 63.7 cm³/mol. The van der Waals surface area contributed by atoms with Gasteiger partial charge in [-0.1, -0.05) is 12.1 Å². The summed E-state index contributed by atoms with van der Waals surface area (Å²) >= 11 is 0. The van der Waals surface area contributed by atoms with Crippen LogP contribution in [0.25, 0.3) is 0 Å². The van der Waals surface area contributed by atoms with Crippen molar-refractivity contribution in [2.45, 2.75) is 5.03 Å². The fourth-order valence-corrected chi connectivity index (χ4v) is 2.17. The SMILES string of the molecule is O=C(c1cccc(F)c1)c1ccc(S(=O)(=O)Cl)[nH]1. The summed E-state index contributed by atoms with van der Waals surface area (Å²) in [5, 5.41) is -0.274. The Morgan fingerprint density at radius 1 is 1.22 bits per heavy atom. The van der Waals surface area contributed by atoms with Crippen molar-refractivity contribution in [3.8, 4) is 0 Å². The lowest BCUT2D eigenvalue weighted by Gasteiger charge is -1.98. The maximum absolute atomic E-state index is 13.0. The van der Waals surface area contributed by atoms with E-state index in [2.05, 4.69) is 4.98 Å². The molecule has 18 heavy (non-hydrogen) atoms. The van der Waals surface area contributed by atoms with Gasteiger partial charge < -0.3 is 4.98 Å². The van der Waals surface area contributed by atoms with Gasteiger partial charge in [-0.2, -0.15) is 0 Å². The number of hydrogen-bond donors (Lipinski definition) is 1. The predicted octanol–water partition coefficient (Wildman–Crippen LogP) is 2.31. The molecule has 0 atom stereocenters. The lowest BCUT2D eigenvalue weighted by Crippen LogP contribution is -2.03.